The molecule has 152 valence electrons. The Balaban J connectivity index is 2.11. The molecule has 0 fully saturated rings. The molecule has 0 aliphatic heterocycles. The van der Waals surface area contributed by atoms with Crippen LogP contribution in [0.2, 0.25) is 0 Å². The number of carbonyl (C=O) groups excluding carboxylic acids is 1. The molecule has 0 bridgehead atoms. The van der Waals surface area contributed by atoms with E-state index in [2.05, 4.69) is 5.32 Å². The van der Waals surface area contributed by atoms with Crippen molar-refractivity contribution in [1.82, 2.24) is 5.32 Å². The number of ether oxygens (including phenoxy) is 1. The van der Waals surface area contributed by atoms with Crippen LogP contribution in [0.1, 0.15) is 32.8 Å². The number of carbonyl (C=O) groups is 1. The first-order valence-electron chi connectivity index (χ1n) is 9.30. The molecule has 0 radical (unpaired) electrons. The Morgan fingerprint density at radius 1 is 1.07 bits per heavy atom. The van der Waals surface area contributed by atoms with E-state index in [1.54, 1.807) is 37.3 Å². The molecule has 0 aliphatic rings. The second-order valence-corrected chi connectivity index (χ2v) is 8.71. The largest absolute Gasteiger partial charge is 0.491 e. The van der Waals surface area contributed by atoms with Crippen molar-refractivity contribution >= 4 is 21.6 Å². The first-order chi connectivity index (χ1) is 13.2. The van der Waals surface area contributed by atoms with E-state index in [-0.39, 0.29) is 12.0 Å². The first-order valence-corrected chi connectivity index (χ1v) is 11.1. The van der Waals surface area contributed by atoms with Crippen LogP contribution < -0.4 is 14.4 Å². The third-order valence-corrected chi connectivity index (χ3v) is 5.28. The lowest BCUT2D eigenvalue weighted by molar-refractivity contribution is -0.122. The number of nitrogens with one attached hydrogen (secondary N) is 1. The van der Waals surface area contributed by atoms with E-state index in [4.69, 9.17) is 4.74 Å². The maximum absolute atomic E-state index is 12.8. The molecule has 2 aromatic carbocycles. The van der Waals surface area contributed by atoms with Crippen LogP contribution in [-0.4, -0.2) is 32.7 Å². The average molecular weight is 405 g/mol. The molecular formula is C21H28N2O4S. The molecule has 0 unspecified atom stereocenters. The summed E-state index contributed by atoms with van der Waals surface area (Å²) in [4.78, 5) is 12.8. The summed E-state index contributed by atoms with van der Waals surface area (Å²) in [5.74, 6) is 0.433. The zero-order valence-corrected chi connectivity index (χ0v) is 17.6. The van der Waals surface area contributed by atoms with E-state index in [0.717, 1.165) is 17.6 Å². The van der Waals surface area contributed by atoms with Gasteiger partial charge in [0, 0.05) is 6.54 Å². The summed E-state index contributed by atoms with van der Waals surface area (Å²) in [5.41, 5.74) is 1.38. The molecule has 0 heterocycles. The second kappa shape index (κ2) is 9.59. The highest BCUT2D eigenvalue weighted by Gasteiger charge is 2.31. The monoisotopic (exact) mass is 404 g/mol. The molecule has 0 aliphatic carbocycles. The number of hydrogen-bond acceptors (Lipinski definition) is 4. The smallest absolute Gasteiger partial charge is 0.244 e. The normalized spacial score (nSPS) is 12.5. The Morgan fingerprint density at radius 2 is 1.68 bits per heavy atom. The number of amides is 1. The van der Waals surface area contributed by atoms with Crippen LogP contribution in [0, 0.1) is 0 Å². The Morgan fingerprint density at radius 3 is 2.18 bits per heavy atom. The summed E-state index contributed by atoms with van der Waals surface area (Å²) < 4.78 is 31.5. The van der Waals surface area contributed by atoms with Crippen molar-refractivity contribution in [2.75, 3.05) is 10.6 Å². The Kier molecular flexibility index (Phi) is 7.45. The van der Waals surface area contributed by atoms with Crippen molar-refractivity contribution in [3.05, 3.63) is 60.2 Å². The molecule has 6 nitrogen and oxygen atoms in total. The number of sulfonamides is 1. The zero-order valence-electron chi connectivity index (χ0n) is 16.8. The molecule has 1 atom stereocenters. The number of anilines is 1. The van der Waals surface area contributed by atoms with Gasteiger partial charge in [-0.3, -0.25) is 9.10 Å². The van der Waals surface area contributed by atoms with Gasteiger partial charge in [0.1, 0.15) is 11.8 Å². The van der Waals surface area contributed by atoms with Crippen LogP contribution in [0.25, 0.3) is 0 Å². The van der Waals surface area contributed by atoms with Crippen molar-refractivity contribution < 1.29 is 17.9 Å². The van der Waals surface area contributed by atoms with E-state index >= 15 is 0 Å². The van der Waals surface area contributed by atoms with Gasteiger partial charge < -0.3 is 10.1 Å². The number of nitrogens with zero attached hydrogens (tertiary/aromatic N) is 1. The fraction of sp³-hybridized carbons (Fsp3) is 0.381. The highest BCUT2D eigenvalue weighted by molar-refractivity contribution is 7.92. The fourth-order valence-corrected chi connectivity index (χ4v) is 4.11. The average Bonchev–Trinajstić information content (AvgIpc) is 2.64. The lowest BCUT2D eigenvalue weighted by atomic mass is 10.1. The summed E-state index contributed by atoms with van der Waals surface area (Å²) in [6.45, 7) is 6.02. The lowest BCUT2D eigenvalue weighted by Crippen LogP contribution is -2.49. The van der Waals surface area contributed by atoms with Crippen LogP contribution >= 0.6 is 0 Å². The molecule has 2 rings (SSSR count). The predicted molar refractivity (Wildman–Crippen MR) is 112 cm³/mol. The topological polar surface area (TPSA) is 75.7 Å². The second-order valence-electron chi connectivity index (χ2n) is 6.85. The Hall–Kier alpha value is -2.54. The molecule has 0 aromatic heterocycles. The number of benzene rings is 2. The highest BCUT2D eigenvalue weighted by atomic mass is 32.2. The zero-order chi connectivity index (χ0) is 20.7. The van der Waals surface area contributed by atoms with Crippen LogP contribution in [0.4, 0.5) is 5.69 Å². The van der Waals surface area contributed by atoms with Gasteiger partial charge in [-0.2, -0.15) is 0 Å². The van der Waals surface area contributed by atoms with Crippen molar-refractivity contribution in [1.29, 1.82) is 0 Å². The van der Waals surface area contributed by atoms with Gasteiger partial charge in [0.25, 0.3) is 0 Å². The Bertz CT molecular complexity index is 865. The van der Waals surface area contributed by atoms with Crippen LogP contribution in [0.3, 0.4) is 0 Å². The van der Waals surface area contributed by atoms with Gasteiger partial charge in [0.2, 0.25) is 15.9 Å². The third-order valence-electron chi connectivity index (χ3n) is 4.10. The maximum atomic E-state index is 12.8. The fourth-order valence-electron chi connectivity index (χ4n) is 2.90. The minimum Gasteiger partial charge on any atom is -0.491 e. The summed E-state index contributed by atoms with van der Waals surface area (Å²) >= 11 is 0. The molecule has 7 heteroatoms. The third kappa shape index (κ3) is 5.99. The van der Waals surface area contributed by atoms with Crippen molar-refractivity contribution in [3.8, 4) is 5.75 Å². The van der Waals surface area contributed by atoms with E-state index in [9.17, 15) is 13.2 Å². The van der Waals surface area contributed by atoms with Gasteiger partial charge in [0.15, 0.2) is 0 Å². The molecule has 2 aromatic rings. The minimum absolute atomic E-state index is 0.0934. The van der Waals surface area contributed by atoms with Crippen molar-refractivity contribution in [3.63, 3.8) is 0 Å². The van der Waals surface area contributed by atoms with Gasteiger partial charge in [-0.1, -0.05) is 37.3 Å². The molecule has 1 N–H and O–H groups in total. The minimum atomic E-state index is -3.62. The van der Waals surface area contributed by atoms with Crippen molar-refractivity contribution in [2.24, 2.45) is 0 Å². The highest BCUT2D eigenvalue weighted by Crippen LogP contribution is 2.22. The van der Waals surface area contributed by atoms with Crippen LogP contribution in [-0.2, 0) is 21.4 Å². The number of hydrogen-bond donors (Lipinski definition) is 1. The quantitative estimate of drug-likeness (QED) is 0.696. The Labute approximate surface area is 167 Å². The lowest BCUT2D eigenvalue weighted by Gasteiger charge is -2.30. The molecular weight excluding hydrogens is 376 g/mol. The van der Waals surface area contributed by atoms with Gasteiger partial charge in [-0.15, -0.1) is 0 Å². The van der Waals surface area contributed by atoms with Gasteiger partial charge in [0.05, 0.1) is 18.0 Å². The maximum Gasteiger partial charge on any atom is 0.244 e. The van der Waals surface area contributed by atoms with Gasteiger partial charge >= 0.3 is 0 Å². The summed E-state index contributed by atoms with van der Waals surface area (Å²) in [7, 11) is -3.62. The number of para-hydroxylation sites is 1. The van der Waals surface area contributed by atoms with Crippen LogP contribution in [0.5, 0.6) is 5.75 Å². The van der Waals surface area contributed by atoms with E-state index < -0.39 is 16.1 Å². The molecule has 28 heavy (non-hydrogen) atoms. The molecule has 0 spiro atoms. The number of rotatable bonds is 9. The van der Waals surface area contributed by atoms with E-state index in [1.807, 2.05) is 38.1 Å². The molecule has 1 amide bonds. The van der Waals surface area contributed by atoms with Gasteiger partial charge in [-0.05, 0) is 50.1 Å². The van der Waals surface area contributed by atoms with Gasteiger partial charge in [-0.25, -0.2) is 8.42 Å². The standard InChI is InChI=1S/C21H28N2O4S/c1-5-20(23(28(4,25)26)18-9-7-6-8-10-18)21(24)22-15-17-11-13-19(14-12-17)27-16(2)3/h6-14,16,20H,5,15H2,1-4H3,(H,22,24)/t20-/m0/s1. The van der Waals surface area contributed by atoms with Crippen molar-refractivity contribution in [2.45, 2.75) is 45.9 Å². The van der Waals surface area contributed by atoms with Crippen LogP contribution in [0.15, 0.2) is 54.6 Å². The summed E-state index contributed by atoms with van der Waals surface area (Å²) in [6, 6.07) is 15.3. The summed E-state index contributed by atoms with van der Waals surface area (Å²) in [5, 5.41) is 2.85. The molecule has 0 saturated carbocycles. The van der Waals surface area contributed by atoms with E-state index in [0.29, 0.717) is 18.7 Å². The first kappa shape index (κ1) is 21.8. The SMILES string of the molecule is CC[C@@H](C(=O)NCc1ccc(OC(C)C)cc1)N(c1ccccc1)S(C)(=O)=O. The summed E-state index contributed by atoms with van der Waals surface area (Å²) in [6.07, 6.45) is 1.56. The predicted octanol–water partition coefficient (Wildman–Crippen LogP) is 3.33. The molecule has 0 saturated heterocycles. The van der Waals surface area contributed by atoms with E-state index in [1.165, 1.54) is 4.31 Å².